The van der Waals surface area contributed by atoms with Crippen LogP contribution < -0.4 is 9.64 Å². The predicted molar refractivity (Wildman–Crippen MR) is 86.9 cm³/mol. The maximum absolute atomic E-state index is 12.6. The Kier molecular flexibility index (Phi) is 4.18. The highest BCUT2D eigenvalue weighted by atomic mass is 16.5. The number of ether oxygens (including phenoxy) is 1. The van der Waals surface area contributed by atoms with Crippen LogP contribution in [0, 0.1) is 6.92 Å². The molecule has 0 N–H and O–H groups in total. The van der Waals surface area contributed by atoms with Crippen molar-refractivity contribution in [1.82, 2.24) is 19.4 Å². The Bertz CT molecular complexity index is 704. The zero-order valence-electron chi connectivity index (χ0n) is 13.7. The zero-order chi connectivity index (χ0) is 16.4. The van der Waals surface area contributed by atoms with Crippen molar-refractivity contribution in [1.29, 1.82) is 0 Å². The third kappa shape index (κ3) is 2.99. The number of anilines is 1. The van der Waals surface area contributed by atoms with Crippen molar-refractivity contribution in [2.75, 3.05) is 38.2 Å². The third-order valence-corrected chi connectivity index (χ3v) is 4.27. The minimum Gasteiger partial charge on any atom is -0.481 e. The van der Waals surface area contributed by atoms with Gasteiger partial charge >= 0.3 is 0 Å². The fourth-order valence-electron chi connectivity index (χ4n) is 2.70. The van der Waals surface area contributed by atoms with Gasteiger partial charge in [0.1, 0.15) is 5.69 Å². The van der Waals surface area contributed by atoms with Gasteiger partial charge in [-0.3, -0.25) is 4.79 Å². The maximum atomic E-state index is 12.6. The minimum absolute atomic E-state index is 0.0758. The summed E-state index contributed by atoms with van der Waals surface area (Å²) in [5.74, 6) is 1.27. The molecule has 122 valence electrons. The van der Waals surface area contributed by atoms with Crippen LogP contribution in [0.1, 0.15) is 16.2 Å². The molecule has 7 nitrogen and oxygen atoms in total. The van der Waals surface area contributed by atoms with Gasteiger partial charge in [0.25, 0.3) is 5.91 Å². The molecule has 0 saturated carbocycles. The summed E-state index contributed by atoms with van der Waals surface area (Å²) in [4.78, 5) is 25.2. The van der Waals surface area contributed by atoms with E-state index in [4.69, 9.17) is 4.74 Å². The lowest BCUT2D eigenvalue weighted by Crippen LogP contribution is -2.49. The van der Waals surface area contributed by atoms with Crippen molar-refractivity contribution in [3.63, 3.8) is 0 Å². The highest BCUT2D eigenvalue weighted by molar-refractivity contribution is 5.93. The quantitative estimate of drug-likeness (QED) is 0.848. The lowest BCUT2D eigenvalue weighted by molar-refractivity contribution is 0.0736. The van der Waals surface area contributed by atoms with Gasteiger partial charge in [-0.2, -0.15) is 4.98 Å². The SMILES string of the molecule is COc1ccnc(N2CCN(C(=O)c3ccc(C)n3C)CC2)n1. The van der Waals surface area contributed by atoms with E-state index < -0.39 is 0 Å². The number of rotatable bonds is 3. The van der Waals surface area contributed by atoms with Crippen molar-refractivity contribution in [2.24, 2.45) is 7.05 Å². The van der Waals surface area contributed by atoms with Gasteiger partial charge in [-0.1, -0.05) is 0 Å². The van der Waals surface area contributed by atoms with Gasteiger partial charge < -0.3 is 19.1 Å². The van der Waals surface area contributed by atoms with E-state index in [9.17, 15) is 4.79 Å². The van der Waals surface area contributed by atoms with Crippen LogP contribution in [0.5, 0.6) is 5.88 Å². The Morgan fingerprint density at radius 2 is 1.91 bits per heavy atom. The first kappa shape index (κ1) is 15.3. The van der Waals surface area contributed by atoms with Crippen LogP contribution in [0.4, 0.5) is 5.95 Å². The first-order valence-corrected chi connectivity index (χ1v) is 7.63. The van der Waals surface area contributed by atoms with Gasteiger partial charge in [0.05, 0.1) is 7.11 Å². The van der Waals surface area contributed by atoms with Crippen LogP contribution in [-0.2, 0) is 7.05 Å². The van der Waals surface area contributed by atoms with Crippen LogP contribution in [0.2, 0.25) is 0 Å². The first-order valence-electron chi connectivity index (χ1n) is 7.63. The summed E-state index contributed by atoms with van der Waals surface area (Å²) < 4.78 is 7.06. The Morgan fingerprint density at radius 1 is 1.17 bits per heavy atom. The number of aryl methyl sites for hydroxylation is 1. The highest BCUT2D eigenvalue weighted by Crippen LogP contribution is 2.16. The maximum Gasteiger partial charge on any atom is 0.270 e. The zero-order valence-corrected chi connectivity index (χ0v) is 13.7. The molecule has 0 spiro atoms. The molecule has 1 amide bonds. The molecule has 1 fully saturated rings. The Balaban J connectivity index is 1.66. The molecule has 0 radical (unpaired) electrons. The second kappa shape index (κ2) is 6.28. The van der Waals surface area contributed by atoms with E-state index in [0.29, 0.717) is 38.0 Å². The number of aromatic nitrogens is 3. The summed E-state index contributed by atoms with van der Waals surface area (Å²) in [5, 5.41) is 0. The molecule has 0 unspecified atom stereocenters. The second-order valence-electron chi connectivity index (χ2n) is 5.60. The van der Waals surface area contributed by atoms with Crippen molar-refractivity contribution in [2.45, 2.75) is 6.92 Å². The summed E-state index contributed by atoms with van der Waals surface area (Å²) in [6.45, 7) is 4.73. The average Bonchev–Trinajstić information content (AvgIpc) is 2.93. The van der Waals surface area contributed by atoms with Gasteiger partial charge in [-0.05, 0) is 19.1 Å². The van der Waals surface area contributed by atoms with E-state index in [1.165, 1.54) is 0 Å². The molecule has 3 rings (SSSR count). The van der Waals surface area contributed by atoms with Gasteiger partial charge in [0, 0.05) is 51.2 Å². The van der Waals surface area contributed by atoms with Gasteiger partial charge in [-0.25, -0.2) is 4.98 Å². The molecule has 1 aliphatic rings. The monoisotopic (exact) mass is 315 g/mol. The van der Waals surface area contributed by atoms with E-state index >= 15 is 0 Å². The van der Waals surface area contributed by atoms with E-state index in [1.807, 2.05) is 35.6 Å². The number of piperazine rings is 1. The number of nitrogens with zero attached hydrogens (tertiary/aromatic N) is 5. The Morgan fingerprint density at radius 3 is 2.52 bits per heavy atom. The molecule has 2 aromatic heterocycles. The second-order valence-corrected chi connectivity index (χ2v) is 5.60. The summed E-state index contributed by atoms with van der Waals surface area (Å²) in [6, 6.07) is 5.57. The molecule has 23 heavy (non-hydrogen) atoms. The smallest absolute Gasteiger partial charge is 0.270 e. The number of carbonyl (C=O) groups excluding carboxylic acids is 1. The van der Waals surface area contributed by atoms with Gasteiger partial charge in [0.2, 0.25) is 11.8 Å². The van der Waals surface area contributed by atoms with Crippen LogP contribution in [0.15, 0.2) is 24.4 Å². The van der Waals surface area contributed by atoms with Crippen LogP contribution in [0.3, 0.4) is 0 Å². The fraction of sp³-hybridized carbons (Fsp3) is 0.438. The van der Waals surface area contributed by atoms with E-state index in [-0.39, 0.29) is 5.91 Å². The molecule has 0 aromatic carbocycles. The number of methoxy groups -OCH3 is 1. The molecular formula is C16H21N5O2. The minimum atomic E-state index is 0.0758. The predicted octanol–water partition coefficient (Wildman–Crippen LogP) is 1.09. The van der Waals surface area contributed by atoms with E-state index in [0.717, 1.165) is 11.4 Å². The van der Waals surface area contributed by atoms with Crippen molar-refractivity contribution in [3.8, 4) is 5.88 Å². The summed E-state index contributed by atoms with van der Waals surface area (Å²) in [6.07, 6.45) is 1.69. The summed E-state index contributed by atoms with van der Waals surface area (Å²) in [5.41, 5.74) is 1.81. The van der Waals surface area contributed by atoms with Crippen LogP contribution in [0.25, 0.3) is 0 Å². The number of amides is 1. The molecule has 0 atom stereocenters. The molecular weight excluding hydrogens is 294 g/mol. The largest absolute Gasteiger partial charge is 0.481 e. The highest BCUT2D eigenvalue weighted by Gasteiger charge is 2.25. The van der Waals surface area contributed by atoms with Crippen molar-refractivity contribution >= 4 is 11.9 Å². The molecule has 0 aliphatic carbocycles. The van der Waals surface area contributed by atoms with Gasteiger partial charge in [-0.15, -0.1) is 0 Å². The standard InChI is InChI=1S/C16H21N5O2/c1-12-4-5-13(19(12)2)15(22)20-8-10-21(11-9-20)16-17-7-6-14(18-16)23-3/h4-7H,8-11H2,1-3H3. The first-order chi connectivity index (χ1) is 11.1. The normalized spacial score (nSPS) is 14.9. The van der Waals surface area contributed by atoms with Crippen LogP contribution in [-0.4, -0.2) is 58.6 Å². The van der Waals surface area contributed by atoms with Gasteiger partial charge in [0.15, 0.2) is 0 Å². The molecule has 0 bridgehead atoms. The number of hydrogen-bond acceptors (Lipinski definition) is 5. The third-order valence-electron chi connectivity index (χ3n) is 4.27. The molecule has 1 saturated heterocycles. The lowest BCUT2D eigenvalue weighted by Gasteiger charge is -2.34. The topological polar surface area (TPSA) is 63.5 Å². The summed E-state index contributed by atoms with van der Waals surface area (Å²) in [7, 11) is 3.51. The van der Waals surface area contributed by atoms with E-state index in [1.54, 1.807) is 19.4 Å². The van der Waals surface area contributed by atoms with Crippen molar-refractivity contribution < 1.29 is 9.53 Å². The summed E-state index contributed by atoms with van der Waals surface area (Å²) >= 11 is 0. The Hall–Kier alpha value is -2.57. The fourth-order valence-corrected chi connectivity index (χ4v) is 2.70. The van der Waals surface area contributed by atoms with Crippen LogP contribution >= 0.6 is 0 Å². The molecule has 3 heterocycles. The Labute approximate surface area is 135 Å². The molecule has 1 aliphatic heterocycles. The van der Waals surface area contributed by atoms with E-state index in [2.05, 4.69) is 14.9 Å². The number of carbonyl (C=O) groups is 1. The number of hydrogen-bond donors (Lipinski definition) is 0. The molecule has 7 heteroatoms. The average molecular weight is 315 g/mol. The van der Waals surface area contributed by atoms with Crippen molar-refractivity contribution in [3.05, 3.63) is 35.8 Å². The molecule has 2 aromatic rings. The lowest BCUT2D eigenvalue weighted by atomic mass is 10.3.